The Bertz CT molecular complexity index is 419. The minimum Gasteiger partial charge on any atom is -0.378 e. The van der Waals surface area contributed by atoms with E-state index in [0.29, 0.717) is 37.7 Å². The van der Waals surface area contributed by atoms with Crippen LogP contribution in [0.25, 0.3) is 0 Å². The van der Waals surface area contributed by atoms with Gasteiger partial charge in [-0.05, 0) is 27.6 Å². The number of halogens is 2. The van der Waals surface area contributed by atoms with Crippen LogP contribution in [-0.2, 0) is 16.0 Å². The molecule has 0 aromatic heterocycles. The van der Waals surface area contributed by atoms with Crippen molar-refractivity contribution < 1.29 is 9.53 Å². The predicted molar refractivity (Wildman–Crippen MR) is 70.3 cm³/mol. The Kier molecular flexibility index (Phi) is 4.42. The van der Waals surface area contributed by atoms with Crippen molar-refractivity contribution in [3.63, 3.8) is 0 Å². The number of hydrogen-bond acceptors (Lipinski definition) is 2. The molecule has 1 aliphatic rings. The van der Waals surface area contributed by atoms with Gasteiger partial charge in [-0.2, -0.15) is 0 Å². The van der Waals surface area contributed by atoms with Gasteiger partial charge in [0.1, 0.15) is 0 Å². The van der Waals surface area contributed by atoms with Crippen molar-refractivity contribution in [2.24, 2.45) is 0 Å². The van der Waals surface area contributed by atoms with E-state index in [4.69, 9.17) is 16.3 Å². The summed E-state index contributed by atoms with van der Waals surface area (Å²) >= 11 is 9.40. The van der Waals surface area contributed by atoms with Crippen LogP contribution in [0.4, 0.5) is 0 Å². The van der Waals surface area contributed by atoms with E-state index in [2.05, 4.69) is 15.9 Å². The minimum atomic E-state index is 0.122. The molecule has 0 radical (unpaired) electrons. The Labute approximate surface area is 114 Å². The van der Waals surface area contributed by atoms with E-state index in [9.17, 15) is 4.79 Å². The lowest BCUT2D eigenvalue weighted by atomic mass is 10.1. The van der Waals surface area contributed by atoms with Gasteiger partial charge in [0.2, 0.25) is 5.91 Å². The molecule has 1 aliphatic heterocycles. The molecule has 1 amide bonds. The number of carbonyl (C=O) groups is 1. The highest BCUT2D eigenvalue weighted by atomic mass is 79.9. The lowest BCUT2D eigenvalue weighted by Gasteiger charge is -2.27. The Balaban J connectivity index is 2.04. The number of benzene rings is 1. The quantitative estimate of drug-likeness (QED) is 0.838. The van der Waals surface area contributed by atoms with Gasteiger partial charge in [-0.3, -0.25) is 4.79 Å². The number of carbonyl (C=O) groups excluding carboxylic acids is 1. The molecule has 1 saturated heterocycles. The molecule has 1 heterocycles. The van der Waals surface area contributed by atoms with E-state index >= 15 is 0 Å². The summed E-state index contributed by atoms with van der Waals surface area (Å²) in [4.78, 5) is 13.9. The second kappa shape index (κ2) is 5.85. The summed E-state index contributed by atoms with van der Waals surface area (Å²) < 4.78 is 6.03. The Morgan fingerprint density at radius 1 is 1.41 bits per heavy atom. The van der Waals surface area contributed by atoms with Gasteiger partial charge in [-0.25, -0.2) is 0 Å². The van der Waals surface area contributed by atoms with Gasteiger partial charge in [0.25, 0.3) is 0 Å². The lowest BCUT2D eigenvalue weighted by Crippen LogP contribution is -2.41. The van der Waals surface area contributed by atoms with Crippen molar-refractivity contribution in [1.29, 1.82) is 0 Å². The maximum Gasteiger partial charge on any atom is 0.227 e. The van der Waals surface area contributed by atoms with Crippen molar-refractivity contribution in [1.82, 2.24) is 4.90 Å². The second-order valence-electron chi connectivity index (χ2n) is 3.88. The first-order valence-corrected chi connectivity index (χ1v) is 6.64. The molecule has 2 rings (SSSR count). The van der Waals surface area contributed by atoms with E-state index < -0.39 is 0 Å². The van der Waals surface area contributed by atoms with Crippen molar-refractivity contribution in [2.75, 3.05) is 26.3 Å². The lowest BCUT2D eigenvalue weighted by molar-refractivity contribution is -0.134. The molecule has 1 aromatic carbocycles. The number of hydrogen-bond donors (Lipinski definition) is 0. The molecule has 5 heteroatoms. The molecule has 17 heavy (non-hydrogen) atoms. The van der Waals surface area contributed by atoms with Gasteiger partial charge < -0.3 is 9.64 Å². The summed E-state index contributed by atoms with van der Waals surface area (Å²) in [7, 11) is 0. The SMILES string of the molecule is O=C(Cc1cccc(Cl)c1Br)N1CCOCC1. The number of rotatable bonds is 2. The molecule has 0 saturated carbocycles. The van der Waals surface area contributed by atoms with Crippen LogP contribution in [0.5, 0.6) is 0 Å². The third-order valence-electron chi connectivity index (χ3n) is 2.74. The zero-order chi connectivity index (χ0) is 12.3. The monoisotopic (exact) mass is 317 g/mol. The molecule has 0 N–H and O–H groups in total. The predicted octanol–water partition coefficient (Wildman–Crippen LogP) is 2.50. The number of ether oxygens (including phenoxy) is 1. The van der Waals surface area contributed by atoms with E-state index in [1.807, 2.05) is 17.0 Å². The standard InChI is InChI=1S/C12H13BrClNO2/c13-12-9(2-1-3-10(12)14)8-11(16)15-4-6-17-7-5-15/h1-3H,4-8H2. The zero-order valence-electron chi connectivity index (χ0n) is 9.29. The van der Waals surface area contributed by atoms with Crippen LogP contribution in [0.3, 0.4) is 0 Å². The molecule has 0 bridgehead atoms. The fourth-order valence-corrected chi connectivity index (χ4v) is 2.37. The number of morpholine rings is 1. The van der Waals surface area contributed by atoms with Gasteiger partial charge in [0, 0.05) is 17.6 Å². The fraction of sp³-hybridized carbons (Fsp3) is 0.417. The summed E-state index contributed by atoms with van der Waals surface area (Å²) in [5, 5.41) is 0.636. The van der Waals surface area contributed by atoms with Gasteiger partial charge in [-0.15, -0.1) is 0 Å². The average molecular weight is 319 g/mol. The molecule has 0 spiro atoms. The highest BCUT2D eigenvalue weighted by molar-refractivity contribution is 9.10. The molecule has 1 aromatic rings. The first-order valence-electron chi connectivity index (χ1n) is 5.47. The Morgan fingerprint density at radius 3 is 2.82 bits per heavy atom. The fourth-order valence-electron chi connectivity index (χ4n) is 1.77. The number of nitrogens with zero attached hydrogens (tertiary/aromatic N) is 1. The van der Waals surface area contributed by atoms with Crippen molar-refractivity contribution in [2.45, 2.75) is 6.42 Å². The highest BCUT2D eigenvalue weighted by Crippen LogP contribution is 2.26. The van der Waals surface area contributed by atoms with Gasteiger partial charge in [0.05, 0.1) is 24.7 Å². The van der Waals surface area contributed by atoms with Gasteiger partial charge >= 0.3 is 0 Å². The second-order valence-corrected chi connectivity index (χ2v) is 5.08. The van der Waals surface area contributed by atoms with Crippen LogP contribution in [0.1, 0.15) is 5.56 Å². The first-order chi connectivity index (χ1) is 8.18. The van der Waals surface area contributed by atoms with Crippen LogP contribution < -0.4 is 0 Å². The summed E-state index contributed by atoms with van der Waals surface area (Å²) in [6, 6.07) is 5.57. The number of amides is 1. The minimum absolute atomic E-state index is 0.122. The van der Waals surface area contributed by atoms with Gasteiger partial charge in [0.15, 0.2) is 0 Å². The molecule has 92 valence electrons. The van der Waals surface area contributed by atoms with Crippen LogP contribution in [0.15, 0.2) is 22.7 Å². The molecule has 0 aliphatic carbocycles. The third-order valence-corrected chi connectivity index (χ3v) is 4.22. The Morgan fingerprint density at radius 2 is 2.12 bits per heavy atom. The van der Waals surface area contributed by atoms with E-state index in [-0.39, 0.29) is 5.91 Å². The maximum atomic E-state index is 12.0. The van der Waals surface area contributed by atoms with Crippen LogP contribution in [0.2, 0.25) is 5.02 Å². The molecule has 0 atom stereocenters. The summed E-state index contributed by atoms with van der Waals surface area (Å²) in [5.74, 6) is 0.122. The van der Waals surface area contributed by atoms with Crippen molar-refractivity contribution in [3.05, 3.63) is 33.3 Å². The van der Waals surface area contributed by atoms with E-state index in [1.165, 1.54) is 0 Å². The third kappa shape index (κ3) is 3.21. The topological polar surface area (TPSA) is 29.5 Å². The van der Waals surface area contributed by atoms with Crippen molar-refractivity contribution in [3.8, 4) is 0 Å². The Hall–Kier alpha value is -0.580. The molecule has 1 fully saturated rings. The average Bonchev–Trinajstić information content (AvgIpc) is 2.36. The zero-order valence-corrected chi connectivity index (χ0v) is 11.6. The molecular formula is C12H13BrClNO2. The molecule has 3 nitrogen and oxygen atoms in total. The highest BCUT2D eigenvalue weighted by Gasteiger charge is 2.18. The molecular weight excluding hydrogens is 305 g/mol. The maximum absolute atomic E-state index is 12.0. The molecule has 0 unspecified atom stereocenters. The van der Waals surface area contributed by atoms with Crippen molar-refractivity contribution >= 4 is 33.4 Å². The largest absolute Gasteiger partial charge is 0.378 e. The van der Waals surface area contributed by atoms with Crippen LogP contribution in [0, 0.1) is 0 Å². The van der Waals surface area contributed by atoms with E-state index in [0.717, 1.165) is 10.0 Å². The van der Waals surface area contributed by atoms with Crippen LogP contribution >= 0.6 is 27.5 Å². The first kappa shape index (κ1) is 12.9. The normalized spacial score (nSPS) is 16.0. The van der Waals surface area contributed by atoms with Crippen LogP contribution in [-0.4, -0.2) is 37.1 Å². The smallest absolute Gasteiger partial charge is 0.227 e. The summed E-state index contributed by atoms with van der Waals surface area (Å²) in [6.07, 6.45) is 0.376. The summed E-state index contributed by atoms with van der Waals surface area (Å²) in [6.45, 7) is 2.61. The van der Waals surface area contributed by atoms with Gasteiger partial charge in [-0.1, -0.05) is 23.7 Å². The summed E-state index contributed by atoms with van der Waals surface area (Å²) in [5.41, 5.74) is 0.925. The van der Waals surface area contributed by atoms with E-state index in [1.54, 1.807) is 6.07 Å².